The van der Waals surface area contributed by atoms with Crippen molar-refractivity contribution < 1.29 is 9.78 Å². The lowest BCUT2D eigenvalue weighted by Gasteiger charge is -2.34. The molecule has 0 unspecified atom stereocenters. The van der Waals surface area contributed by atoms with Gasteiger partial charge in [0.25, 0.3) is 0 Å². The molecular formula is C13H24O2. The SMILES string of the molecule is CC1(OOC2CCCCC2)CCCCC1. The van der Waals surface area contributed by atoms with Gasteiger partial charge in [0.05, 0.1) is 6.10 Å². The number of rotatable bonds is 3. The average Bonchev–Trinajstić information content (AvgIpc) is 2.29. The quantitative estimate of drug-likeness (QED) is 0.520. The maximum atomic E-state index is 5.71. The second-order valence-corrected chi connectivity index (χ2v) is 5.45. The molecule has 2 aliphatic carbocycles. The molecule has 2 heteroatoms. The molecule has 0 saturated heterocycles. The van der Waals surface area contributed by atoms with Gasteiger partial charge in [-0.15, -0.1) is 0 Å². The minimum Gasteiger partial charge on any atom is -0.233 e. The molecule has 2 fully saturated rings. The van der Waals surface area contributed by atoms with E-state index in [1.54, 1.807) is 0 Å². The summed E-state index contributed by atoms with van der Waals surface area (Å²) in [6, 6.07) is 0. The third kappa shape index (κ3) is 3.46. The van der Waals surface area contributed by atoms with Crippen LogP contribution in [-0.4, -0.2) is 11.7 Å². The van der Waals surface area contributed by atoms with Crippen LogP contribution in [0.25, 0.3) is 0 Å². The lowest BCUT2D eigenvalue weighted by molar-refractivity contribution is -0.388. The fraction of sp³-hybridized carbons (Fsp3) is 1.00. The van der Waals surface area contributed by atoms with Crippen LogP contribution in [0.2, 0.25) is 0 Å². The predicted octanol–water partition coefficient (Wildman–Crippen LogP) is 3.99. The van der Waals surface area contributed by atoms with Gasteiger partial charge in [-0.2, -0.15) is 0 Å². The first-order valence-corrected chi connectivity index (χ1v) is 6.63. The zero-order valence-electron chi connectivity index (χ0n) is 9.96. The van der Waals surface area contributed by atoms with Gasteiger partial charge in [-0.3, -0.25) is 0 Å². The van der Waals surface area contributed by atoms with Gasteiger partial charge in [-0.1, -0.05) is 38.5 Å². The van der Waals surface area contributed by atoms with Crippen LogP contribution in [0, 0.1) is 0 Å². The van der Waals surface area contributed by atoms with Crippen molar-refractivity contribution in [3.63, 3.8) is 0 Å². The molecule has 0 spiro atoms. The minimum absolute atomic E-state index is 0.00962. The van der Waals surface area contributed by atoms with Gasteiger partial charge in [0, 0.05) is 0 Å². The Hall–Kier alpha value is -0.0800. The normalized spacial score (nSPS) is 27.8. The van der Waals surface area contributed by atoms with Gasteiger partial charge in [0.1, 0.15) is 5.60 Å². The molecule has 0 N–H and O–H groups in total. The molecule has 0 bridgehead atoms. The van der Waals surface area contributed by atoms with Gasteiger partial charge in [0.15, 0.2) is 0 Å². The molecule has 88 valence electrons. The Morgan fingerprint density at radius 1 is 0.867 bits per heavy atom. The van der Waals surface area contributed by atoms with E-state index in [-0.39, 0.29) is 5.60 Å². The Kier molecular flexibility index (Phi) is 4.04. The summed E-state index contributed by atoms with van der Waals surface area (Å²) in [5.41, 5.74) is 0.00962. The molecule has 0 amide bonds. The third-order valence-electron chi connectivity index (χ3n) is 3.85. The van der Waals surface area contributed by atoms with Crippen molar-refractivity contribution in [3.05, 3.63) is 0 Å². The van der Waals surface area contributed by atoms with Crippen molar-refractivity contribution >= 4 is 0 Å². The lowest BCUT2D eigenvalue weighted by Crippen LogP contribution is -2.33. The topological polar surface area (TPSA) is 18.5 Å². The van der Waals surface area contributed by atoms with Gasteiger partial charge >= 0.3 is 0 Å². The van der Waals surface area contributed by atoms with E-state index in [2.05, 4.69) is 6.92 Å². The van der Waals surface area contributed by atoms with Gasteiger partial charge in [0.2, 0.25) is 0 Å². The second-order valence-electron chi connectivity index (χ2n) is 5.45. The fourth-order valence-corrected chi connectivity index (χ4v) is 2.73. The van der Waals surface area contributed by atoms with Crippen molar-refractivity contribution in [1.82, 2.24) is 0 Å². The zero-order chi connectivity index (χ0) is 10.6. The summed E-state index contributed by atoms with van der Waals surface area (Å²) < 4.78 is 0. The molecule has 15 heavy (non-hydrogen) atoms. The Morgan fingerprint density at radius 3 is 2.13 bits per heavy atom. The summed E-state index contributed by atoms with van der Waals surface area (Å²) in [4.78, 5) is 11.3. The van der Waals surface area contributed by atoms with Crippen molar-refractivity contribution in [2.75, 3.05) is 0 Å². The van der Waals surface area contributed by atoms with E-state index < -0.39 is 0 Å². The first kappa shape index (κ1) is 11.4. The average molecular weight is 212 g/mol. The lowest BCUT2D eigenvalue weighted by atomic mass is 9.87. The molecule has 0 aromatic carbocycles. The number of hydrogen-bond donors (Lipinski definition) is 0. The molecule has 0 aliphatic heterocycles. The highest BCUT2D eigenvalue weighted by Gasteiger charge is 2.30. The Morgan fingerprint density at radius 2 is 1.47 bits per heavy atom. The first-order valence-electron chi connectivity index (χ1n) is 6.63. The van der Waals surface area contributed by atoms with Crippen LogP contribution in [0.3, 0.4) is 0 Å². The zero-order valence-corrected chi connectivity index (χ0v) is 9.96. The van der Waals surface area contributed by atoms with Crippen LogP contribution in [0.4, 0.5) is 0 Å². The van der Waals surface area contributed by atoms with Crippen LogP contribution < -0.4 is 0 Å². The van der Waals surface area contributed by atoms with Crippen molar-refractivity contribution in [2.24, 2.45) is 0 Å². The highest BCUT2D eigenvalue weighted by molar-refractivity contribution is 4.78. The maximum absolute atomic E-state index is 5.71. The second kappa shape index (κ2) is 5.31. The van der Waals surface area contributed by atoms with Gasteiger partial charge in [-0.05, 0) is 32.6 Å². The predicted molar refractivity (Wildman–Crippen MR) is 60.5 cm³/mol. The van der Waals surface area contributed by atoms with Crippen molar-refractivity contribution in [2.45, 2.75) is 82.8 Å². The third-order valence-corrected chi connectivity index (χ3v) is 3.85. The van der Waals surface area contributed by atoms with Crippen molar-refractivity contribution in [1.29, 1.82) is 0 Å². The Balaban J connectivity index is 1.70. The van der Waals surface area contributed by atoms with Crippen LogP contribution in [0.1, 0.15) is 71.1 Å². The highest BCUT2D eigenvalue weighted by Crippen LogP contribution is 2.32. The van der Waals surface area contributed by atoms with Crippen molar-refractivity contribution in [3.8, 4) is 0 Å². The van der Waals surface area contributed by atoms with E-state index in [1.165, 1.54) is 64.2 Å². The molecule has 0 aromatic rings. The largest absolute Gasteiger partial charge is 0.233 e. The number of hydrogen-bond acceptors (Lipinski definition) is 2. The van der Waals surface area contributed by atoms with E-state index in [9.17, 15) is 0 Å². The smallest absolute Gasteiger partial charge is 0.101 e. The molecule has 0 heterocycles. The molecule has 0 aromatic heterocycles. The van der Waals surface area contributed by atoms with Gasteiger partial charge in [-0.25, -0.2) is 9.78 Å². The summed E-state index contributed by atoms with van der Waals surface area (Å²) in [6.07, 6.45) is 13.0. The molecule has 2 rings (SSSR count). The molecular weight excluding hydrogens is 188 g/mol. The van der Waals surface area contributed by atoms with E-state index in [1.807, 2.05) is 0 Å². The van der Waals surface area contributed by atoms with E-state index in [0.717, 1.165) is 0 Å². The van der Waals surface area contributed by atoms with Crippen LogP contribution in [0.15, 0.2) is 0 Å². The van der Waals surface area contributed by atoms with Crippen LogP contribution in [-0.2, 0) is 9.78 Å². The fourth-order valence-electron chi connectivity index (χ4n) is 2.73. The summed E-state index contributed by atoms with van der Waals surface area (Å²) in [6.45, 7) is 2.20. The maximum Gasteiger partial charge on any atom is 0.101 e. The Bertz CT molecular complexity index is 179. The molecule has 2 saturated carbocycles. The minimum atomic E-state index is 0.00962. The summed E-state index contributed by atoms with van der Waals surface area (Å²) in [5, 5.41) is 0. The monoisotopic (exact) mass is 212 g/mol. The van der Waals surface area contributed by atoms with E-state index in [4.69, 9.17) is 9.78 Å². The van der Waals surface area contributed by atoms with Crippen LogP contribution in [0.5, 0.6) is 0 Å². The molecule has 0 radical (unpaired) electrons. The summed E-state index contributed by atoms with van der Waals surface area (Å²) in [7, 11) is 0. The van der Waals surface area contributed by atoms with Gasteiger partial charge < -0.3 is 0 Å². The standard InChI is InChI=1S/C13H24O2/c1-13(10-6-3-7-11-13)15-14-12-8-4-2-5-9-12/h12H,2-11H2,1H3. The van der Waals surface area contributed by atoms with E-state index in [0.29, 0.717) is 6.10 Å². The Labute approximate surface area is 93.3 Å². The summed E-state index contributed by atoms with van der Waals surface area (Å²) in [5.74, 6) is 0. The highest BCUT2D eigenvalue weighted by atomic mass is 17.2. The molecule has 2 nitrogen and oxygen atoms in total. The van der Waals surface area contributed by atoms with E-state index >= 15 is 0 Å². The molecule has 2 aliphatic rings. The summed E-state index contributed by atoms with van der Waals surface area (Å²) >= 11 is 0. The van der Waals surface area contributed by atoms with Crippen LogP contribution >= 0.6 is 0 Å². The molecule has 0 atom stereocenters. The first-order chi connectivity index (χ1) is 7.29.